The maximum absolute atomic E-state index is 12.8. The molecule has 6 nitrogen and oxygen atoms in total. The number of nitro benzene ring substituents is 1. The van der Waals surface area contributed by atoms with Crippen molar-refractivity contribution in [2.24, 2.45) is 0 Å². The maximum atomic E-state index is 12.8. The van der Waals surface area contributed by atoms with Gasteiger partial charge in [0.05, 0.1) is 17.1 Å². The van der Waals surface area contributed by atoms with Gasteiger partial charge in [-0.15, -0.1) is 0 Å². The van der Waals surface area contributed by atoms with Crippen LogP contribution in [0, 0.1) is 21.4 Å². The molecular weight excluding hydrogens is 262 g/mol. The van der Waals surface area contributed by atoms with E-state index >= 15 is 0 Å². The fourth-order valence-electron chi connectivity index (χ4n) is 1.48. The fraction of sp³-hybridized carbons (Fsp3) is 0.273. The van der Waals surface area contributed by atoms with E-state index < -0.39 is 39.7 Å². The molecule has 100 valence electrons. The van der Waals surface area contributed by atoms with Crippen LogP contribution in [0.5, 0.6) is 0 Å². The van der Waals surface area contributed by atoms with Crippen molar-refractivity contribution in [2.45, 2.75) is 13.3 Å². The van der Waals surface area contributed by atoms with Gasteiger partial charge in [0, 0.05) is 11.6 Å². The standard InChI is InChI=1S/C11H8F2N2O4/c1-2-19-11(16)9-6(10(12)13)3-4-8(15(17)18)7(9)5-14/h3-4,10H,2H2,1H3. The lowest BCUT2D eigenvalue weighted by Crippen LogP contribution is -2.12. The van der Waals surface area contributed by atoms with Gasteiger partial charge in [0.15, 0.2) is 0 Å². The van der Waals surface area contributed by atoms with Crippen molar-refractivity contribution in [1.29, 1.82) is 5.26 Å². The molecule has 0 saturated carbocycles. The van der Waals surface area contributed by atoms with Crippen LogP contribution in [-0.2, 0) is 4.74 Å². The Hall–Kier alpha value is -2.56. The number of carbonyl (C=O) groups excluding carboxylic acids is 1. The molecule has 0 aliphatic heterocycles. The molecule has 8 heteroatoms. The van der Waals surface area contributed by atoms with Gasteiger partial charge in [0.25, 0.3) is 12.1 Å². The number of carbonyl (C=O) groups is 1. The summed E-state index contributed by atoms with van der Waals surface area (Å²) in [5, 5.41) is 19.6. The maximum Gasteiger partial charge on any atom is 0.340 e. The van der Waals surface area contributed by atoms with Crippen LogP contribution >= 0.6 is 0 Å². The molecular formula is C11H8F2N2O4. The Labute approximate surface area is 106 Å². The number of benzene rings is 1. The minimum Gasteiger partial charge on any atom is -0.462 e. The van der Waals surface area contributed by atoms with Gasteiger partial charge in [0.1, 0.15) is 11.6 Å². The minimum atomic E-state index is -3.05. The first-order chi connectivity index (χ1) is 8.93. The topological polar surface area (TPSA) is 93.2 Å². The molecule has 0 heterocycles. The molecule has 0 unspecified atom stereocenters. The SMILES string of the molecule is CCOC(=O)c1c(C(F)F)ccc([N+](=O)[O-])c1C#N. The van der Waals surface area contributed by atoms with Crippen molar-refractivity contribution in [2.75, 3.05) is 6.61 Å². The van der Waals surface area contributed by atoms with Crippen LogP contribution in [-0.4, -0.2) is 17.5 Å². The number of halogens is 2. The summed E-state index contributed by atoms with van der Waals surface area (Å²) < 4.78 is 30.1. The number of hydrogen-bond donors (Lipinski definition) is 0. The highest BCUT2D eigenvalue weighted by Crippen LogP contribution is 2.31. The van der Waals surface area contributed by atoms with E-state index in [0.29, 0.717) is 0 Å². The lowest BCUT2D eigenvalue weighted by Gasteiger charge is -2.09. The number of hydrogen-bond acceptors (Lipinski definition) is 5. The van der Waals surface area contributed by atoms with Gasteiger partial charge >= 0.3 is 5.97 Å². The van der Waals surface area contributed by atoms with Gasteiger partial charge in [-0.3, -0.25) is 10.1 Å². The fourth-order valence-corrected chi connectivity index (χ4v) is 1.48. The molecule has 0 atom stereocenters. The molecule has 0 fully saturated rings. The highest BCUT2D eigenvalue weighted by molar-refractivity contribution is 5.95. The first kappa shape index (κ1) is 14.5. The number of ether oxygens (including phenoxy) is 1. The number of nitrogens with zero attached hydrogens (tertiary/aromatic N) is 2. The van der Waals surface area contributed by atoms with E-state index in [4.69, 9.17) is 5.26 Å². The largest absolute Gasteiger partial charge is 0.462 e. The van der Waals surface area contributed by atoms with Gasteiger partial charge in [-0.25, -0.2) is 13.6 Å². The van der Waals surface area contributed by atoms with Crippen LogP contribution in [0.25, 0.3) is 0 Å². The van der Waals surface area contributed by atoms with Crippen molar-refractivity contribution in [3.05, 3.63) is 38.9 Å². The zero-order valence-electron chi connectivity index (χ0n) is 9.72. The predicted octanol–water partition coefficient (Wildman–Crippen LogP) is 2.58. The average molecular weight is 270 g/mol. The summed E-state index contributed by atoms with van der Waals surface area (Å²) in [6.45, 7) is 1.35. The molecule has 1 aromatic rings. The Morgan fingerprint density at radius 3 is 2.63 bits per heavy atom. The van der Waals surface area contributed by atoms with E-state index in [1.807, 2.05) is 0 Å². The van der Waals surface area contributed by atoms with Crippen LogP contribution in [0.2, 0.25) is 0 Å². The van der Waals surface area contributed by atoms with Gasteiger partial charge < -0.3 is 4.74 Å². The Bertz CT molecular complexity index is 567. The van der Waals surface area contributed by atoms with E-state index in [1.165, 1.54) is 13.0 Å². The Kier molecular flexibility index (Phi) is 4.47. The number of alkyl halides is 2. The van der Waals surface area contributed by atoms with Crippen LogP contribution in [0.4, 0.5) is 14.5 Å². The second kappa shape index (κ2) is 5.86. The molecule has 0 amide bonds. The third-order valence-corrected chi connectivity index (χ3v) is 2.24. The molecule has 19 heavy (non-hydrogen) atoms. The van der Waals surface area contributed by atoms with Gasteiger partial charge in [-0.2, -0.15) is 5.26 Å². The lowest BCUT2D eigenvalue weighted by atomic mass is 10.00. The van der Waals surface area contributed by atoms with Crippen LogP contribution in [0.1, 0.15) is 34.8 Å². The third-order valence-electron chi connectivity index (χ3n) is 2.24. The Morgan fingerprint density at radius 1 is 1.58 bits per heavy atom. The Balaban J connectivity index is 3.60. The normalized spacial score (nSPS) is 10.1. The van der Waals surface area contributed by atoms with E-state index in [-0.39, 0.29) is 6.61 Å². The molecule has 0 radical (unpaired) electrons. The van der Waals surface area contributed by atoms with Crippen LogP contribution in [0.3, 0.4) is 0 Å². The van der Waals surface area contributed by atoms with Gasteiger partial charge in [0.2, 0.25) is 0 Å². The zero-order valence-corrected chi connectivity index (χ0v) is 9.72. The van der Waals surface area contributed by atoms with Crippen molar-refractivity contribution in [3.8, 4) is 6.07 Å². The molecule has 0 aromatic heterocycles. The van der Waals surface area contributed by atoms with Crippen molar-refractivity contribution in [3.63, 3.8) is 0 Å². The summed E-state index contributed by atoms with van der Waals surface area (Å²) in [5.41, 5.74) is -2.95. The smallest absolute Gasteiger partial charge is 0.340 e. The molecule has 0 N–H and O–H groups in total. The van der Waals surface area contributed by atoms with Crippen LogP contribution in [0.15, 0.2) is 12.1 Å². The second-order valence-corrected chi connectivity index (χ2v) is 3.31. The van der Waals surface area contributed by atoms with E-state index in [1.54, 1.807) is 0 Å². The average Bonchev–Trinajstić information content (AvgIpc) is 2.36. The molecule has 1 aromatic carbocycles. The number of nitro groups is 1. The molecule has 1 rings (SSSR count). The summed E-state index contributed by atoms with van der Waals surface area (Å²) in [7, 11) is 0. The van der Waals surface area contributed by atoms with E-state index in [0.717, 1.165) is 12.1 Å². The third kappa shape index (κ3) is 2.82. The van der Waals surface area contributed by atoms with Gasteiger partial charge in [-0.1, -0.05) is 0 Å². The molecule has 0 saturated heterocycles. The Morgan fingerprint density at radius 2 is 2.21 bits per heavy atom. The monoisotopic (exact) mass is 270 g/mol. The number of rotatable bonds is 4. The summed E-state index contributed by atoms with van der Waals surface area (Å²) in [4.78, 5) is 21.4. The lowest BCUT2D eigenvalue weighted by molar-refractivity contribution is -0.385. The number of nitriles is 1. The highest BCUT2D eigenvalue weighted by Gasteiger charge is 2.29. The molecule has 0 aliphatic carbocycles. The van der Waals surface area contributed by atoms with Crippen molar-refractivity contribution < 1.29 is 23.2 Å². The minimum absolute atomic E-state index is 0.102. The number of esters is 1. The molecule has 0 bridgehead atoms. The van der Waals surface area contributed by atoms with Crippen LogP contribution < -0.4 is 0 Å². The second-order valence-electron chi connectivity index (χ2n) is 3.31. The zero-order chi connectivity index (χ0) is 14.6. The summed E-state index contributed by atoms with van der Waals surface area (Å²) in [6.07, 6.45) is -3.05. The quantitative estimate of drug-likeness (QED) is 0.476. The van der Waals surface area contributed by atoms with E-state index in [2.05, 4.69) is 4.74 Å². The van der Waals surface area contributed by atoms with Gasteiger partial charge in [-0.05, 0) is 13.0 Å². The van der Waals surface area contributed by atoms with E-state index in [9.17, 15) is 23.7 Å². The molecule has 0 aliphatic rings. The highest BCUT2D eigenvalue weighted by atomic mass is 19.3. The predicted molar refractivity (Wildman–Crippen MR) is 58.7 cm³/mol. The van der Waals surface area contributed by atoms with Crippen molar-refractivity contribution in [1.82, 2.24) is 0 Å². The molecule has 0 spiro atoms. The summed E-state index contributed by atoms with van der Waals surface area (Å²) in [6, 6.07) is 2.92. The first-order valence-electron chi connectivity index (χ1n) is 5.10. The summed E-state index contributed by atoms with van der Waals surface area (Å²) in [5.74, 6) is -1.18. The van der Waals surface area contributed by atoms with Crippen molar-refractivity contribution >= 4 is 11.7 Å². The summed E-state index contributed by atoms with van der Waals surface area (Å²) >= 11 is 0. The first-order valence-corrected chi connectivity index (χ1v) is 5.10.